The van der Waals surface area contributed by atoms with E-state index < -0.39 is 0 Å². The molecule has 3 N–H and O–H groups in total. The Hall–Kier alpha value is -1.75. The number of hydrogen-bond donors (Lipinski definition) is 2. The lowest BCUT2D eigenvalue weighted by molar-refractivity contribution is 0.0788. The summed E-state index contributed by atoms with van der Waals surface area (Å²) in [4.78, 5) is 15.8. The SMILES string of the molecule is CN(C)CCCN(C)C(=O)c1cccc(N)c1O. The topological polar surface area (TPSA) is 69.8 Å². The monoisotopic (exact) mass is 251 g/mol. The van der Waals surface area contributed by atoms with Gasteiger partial charge >= 0.3 is 0 Å². The quantitative estimate of drug-likeness (QED) is 0.605. The first-order valence-corrected chi connectivity index (χ1v) is 5.91. The maximum absolute atomic E-state index is 12.1. The molecule has 0 saturated carbocycles. The van der Waals surface area contributed by atoms with E-state index in [0.717, 1.165) is 13.0 Å². The summed E-state index contributed by atoms with van der Waals surface area (Å²) in [5.74, 6) is -0.347. The molecule has 1 rings (SSSR count). The fraction of sp³-hybridized carbons (Fsp3) is 0.462. The van der Waals surface area contributed by atoms with Gasteiger partial charge in [0.15, 0.2) is 5.75 Å². The number of phenolic OH excluding ortho intramolecular Hbond substituents is 1. The van der Waals surface area contributed by atoms with Crippen LogP contribution in [0.3, 0.4) is 0 Å². The average Bonchev–Trinajstić information content (AvgIpc) is 2.31. The second kappa shape index (κ2) is 6.26. The van der Waals surface area contributed by atoms with Crippen LogP contribution in [0.2, 0.25) is 0 Å². The van der Waals surface area contributed by atoms with E-state index in [0.29, 0.717) is 6.54 Å². The maximum atomic E-state index is 12.1. The predicted molar refractivity (Wildman–Crippen MR) is 72.7 cm³/mol. The minimum atomic E-state index is -0.210. The fourth-order valence-corrected chi connectivity index (χ4v) is 1.67. The summed E-state index contributed by atoms with van der Waals surface area (Å²) >= 11 is 0. The Morgan fingerprint density at radius 2 is 1.94 bits per heavy atom. The van der Waals surface area contributed by atoms with Crippen LogP contribution in [-0.2, 0) is 0 Å². The number of benzene rings is 1. The number of para-hydroxylation sites is 1. The second-order valence-corrected chi connectivity index (χ2v) is 4.63. The summed E-state index contributed by atoms with van der Waals surface area (Å²) < 4.78 is 0. The highest BCUT2D eigenvalue weighted by molar-refractivity contribution is 5.98. The molecular formula is C13H21N3O2. The van der Waals surface area contributed by atoms with E-state index in [-0.39, 0.29) is 22.9 Å². The van der Waals surface area contributed by atoms with Gasteiger partial charge in [0.1, 0.15) is 0 Å². The first-order valence-electron chi connectivity index (χ1n) is 5.91. The Morgan fingerprint density at radius 3 is 2.56 bits per heavy atom. The number of rotatable bonds is 5. The van der Waals surface area contributed by atoms with Crippen LogP contribution in [0.15, 0.2) is 18.2 Å². The molecule has 1 amide bonds. The van der Waals surface area contributed by atoms with Crippen molar-refractivity contribution in [2.24, 2.45) is 0 Å². The molecule has 0 aliphatic heterocycles. The third-order valence-corrected chi connectivity index (χ3v) is 2.74. The molecule has 0 spiro atoms. The largest absolute Gasteiger partial charge is 0.505 e. The number of hydrogen-bond acceptors (Lipinski definition) is 4. The van der Waals surface area contributed by atoms with Crippen molar-refractivity contribution in [2.75, 3.05) is 40.0 Å². The Labute approximate surface area is 108 Å². The zero-order chi connectivity index (χ0) is 13.7. The number of nitrogens with two attached hydrogens (primary N) is 1. The number of carbonyl (C=O) groups excluding carboxylic acids is 1. The van der Waals surface area contributed by atoms with Gasteiger partial charge in [0, 0.05) is 13.6 Å². The maximum Gasteiger partial charge on any atom is 0.257 e. The van der Waals surface area contributed by atoms with Crippen LogP contribution in [0.25, 0.3) is 0 Å². The van der Waals surface area contributed by atoms with Crippen LogP contribution >= 0.6 is 0 Å². The molecule has 0 heterocycles. The molecule has 0 atom stereocenters. The van der Waals surface area contributed by atoms with Gasteiger partial charge < -0.3 is 20.6 Å². The van der Waals surface area contributed by atoms with Crippen molar-refractivity contribution in [1.29, 1.82) is 0 Å². The highest BCUT2D eigenvalue weighted by atomic mass is 16.3. The molecule has 0 aliphatic rings. The molecular weight excluding hydrogens is 230 g/mol. The van der Waals surface area contributed by atoms with Gasteiger partial charge in [0.05, 0.1) is 11.3 Å². The number of carbonyl (C=O) groups is 1. The van der Waals surface area contributed by atoms with Gasteiger partial charge in [-0.3, -0.25) is 4.79 Å². The first-order chi connectivity index (χ1) is 8.43. The molecule has 18 heavy (non-hydrogen) atoms. The van der Waals surface area contributed by atoms with Gasteiger partial charge in [-0.15, -0.1) is 0 Å². The summed E-state index contributed by atoms with van der Waals surface area (Å²) in [7, 11) is 5.71. The highest BCUT2D eigenvalue weighted by Gasteiger charge is 2.16. The molecule has 0 saturated heterocycles. The third-order valence-electron chi connectivity index (χ3n) is 2.74. The fourth-order valence-electron chi connectivity index (χ4n) is 1.67. The summed E-state index contributed by atoms with van der Waals surface area (Å²) in [6.45, 7) is 1.56. The van der Waals surface area contributed by atoms with Gasteiger partial charge in [0.2, 0.25) is 0 Å². The lowest BCUT2D eigenvalue weighted by Crippen LogP contribution is -2.29. The smallest absolute Gasteiger partial charge is 0.257 e. The lowest BCUT2D eigenvalue weighted by Gasteiger charge is -2.19. The van der Waals surface area contributed by atoms with Gasteiger partial charge in [-0.05, 0) is 39.2 Å². The Kier molecular flexibility index (Phi) is 4.97. The van der Waals surface area contributed by atoms with E-state index in [2.05, 4.69) is 4.90 Å². The third kappa shape index (κ3) is 3.63. The molecule has 0 radical (unpaired) electrons. The van der Waals surface area contributed by atoms with Gasteiger partial charge in [-0.25, -0.2) is 0 Å². The van der Waals surface area contributed by atoms with E-state index in [4.69, 9.17) is 5.73 Å². The molecule has 5 heteroatoms. The summed E-state index contributed by atoms with van der Waals surface area (Å²) in [5.41, 5.74) is 6.05. The van der Waals surface area contributed by atoms with Crippen LogP contribution in [0, 0.1) is 0 Å². The van der Waals surface area contributed by atoms with Crippen LogP contribution < -0.4 is 5.73 Å². The zero-order valence-electron chi connectivity index (χ0n) is 11.2. The van der Waals surface area contributed by atoms with Crippen molar-refractivity contribution >= 4 is 11.6 Å². The zero-order valence-corrected chi connectivity index (χ0v) is 11.2. The van der Waals surface area contributed by atoms with Gasteiger partial charge in [0.25, 0.3) is 5.91 Å². The lowest BCUT2D eigenvalue weighted by atomic mass is 10.1. The predicted octanol–water partition coefficient (Wildman–Crippen LogP) is 0.998. The van der Waals surface area contributed by atoms with E-state index in [1.54, 1.807) is 30.1 Å². The van der Waals surface area contributed by atoms with Crippen molar-refractivity contribution in [3.63, 3.8) is 0 Å². The average molecular weight is 251 g/mol. The van der Waals surface area contributed by atoms with Gasteiger partial charge in [-0.1, -0.05) is 6.07 Å². The molecule has 0 aromatic heterocycles. The first kappa shape index (κ1) is 14.3. The van der Waals surface area contributed by atoms with Crippen molar-refractivity contribution < 1.29 is 9.90 Å². The normalized spacial score (nSPS) is 10.7. The summed E-state index contributed by atoms with van der Waals surface area (Å²) in [6.07, 6.45) is 0.887. The summed E-state index contributed by atoms with van der Waals surface area (Å²) in [5, 5.41) is 9.75. The van der Waals surface area contributed by atoms with Crippen LogP contribution in [-0.4, -0.2) is 55.0 Å². The van der Waals surface area contributed by atoms with E-state index in [1.165, 1.54) is 0 Å². The van der Waals surface area contributed by atoms with Gasteiger partial charge in [-0.2, -0.15) is 0 Å². The van der Waals surface area contributed by atoms with E-state index >= 15 is 0 Å². The number of nitrogens with zero attached hydrogens (tertiary/aromatic N) is 2. The molecule has 0 fully saturated rings. The number of amides is 1. The molecule has 100 valence electrons. The molecule has 0 unspecified atom stereocenters. The number of nitrogen functional groups attached to an aromatic ring is 1. The Balaban J connectivity index is 2.66. The van der Waals surface area contributed by atoms with Crippen LogP contribution in [0.1, 0.15) is 16.8 Å². The molecule has 0 aliphatic carbocycles. The molecule has 1 aromatic carbocycles. The van der Waals surface area contributed by atoms with Crippen molar-refractivity contribution in [3.05, 3.63) is 23.8 Å². The number of phenols is 1. The highest BCUT2D eigenvalue weighted by Crippen LogP contribution is 2.25. The van der Waals surface area contributed by atoms with E-state index in [9.17, 15) is 9.90 Å². The van der Waals surface area contributed by atoms with Crippen molar-refractivity contribution in [3.8, 4) is 5.75 Å². The Bertz CT molecular complexity index is 419. The van der Waals surface area contributed by atoms with Crippen LogP contribution in [0.5, 0.6) is 5.75 Å². The number of anilines is 1. The standard InChI is InChI=1S/C13H21N3O2/c1-15(2)8-5-9-16(3)13(18)10-6-4-7-11(14)12(10)17/h4,6-7,17H,5,8-9,14H2,1-3H3. The Morgan fingerprint density at radius 1 is 1.28 bits per heavy atom. The second-order valence-electron chi connectivity index (χ2n) is 4.63. The van der Waals surface area contributed by atoms with Crippen molar-refractivity contribution in [1.82, 2.24) is 9.80 Å². The van der Waals surface area contributed by atoms with Crippen molar-refractivity contribution in [2.45, 2.75) is 6.42 Å². The molecule has 0 bridgehead atoms. The minimum absolute atomic E-state index is 0.137. The van der Waals surface area contributed by atoms with E-state index in [1.807, 2.05) is 14.1 Å². The minimum Gasteiger partial charge on any atom is -0.505 e. The van der Waals surface area contributed by atoms with Crippen LogP contribution in [0.4, 0.5) is 5.69 Å². The molecule has 1 aromatic rings. The number of aromatic hydroxyl groups is 1. The summed E-state index contributed by atoms with van der Waals surface area (Å²) in [6, 6.07) is 4.81. The molecule has 5 nitrogen and oxygen atoms in total.